The molecule has 5 nitrogen and oxygen atoms in total. The summed E-state index contributed by atoms with van der Waals surface area (Å²) < 4.78 is 18.5. The van der Waals surface area contributed by atoms with Gasteiger partial charge in [0.2, 0.25) is 0 Å². The van der Waals surface area contributed by atoms with Crippen molar-refractivity contribution in [2.45, 2.75) is 6.42 Å². The third kappa shape index (κ3) is 2.49. The quantitative estimate of drug-likeness (QED) is 0.739. The maximum Gasteiger partial charge on any atom is 0.258 e. The van der Waals surface area contributed by atoms with Gasteiger partial charge in [-0.3, -0.25) is 4.98 Å². The number of nitrogens with zero attached hydrogens (tertiary/aromatic N) is 3. The summed E-state index contributed by atoms with van der Waals surface area (Å²) in [6.07, 6.45) is 3.94. The lowest BCUT2D eigenvalue weighted by Gasteiger charge is -1.97. The number of benzene rings is 1. The summed E-state index contributed by atoms with van der Waals surface area (Å²) in [4.78, 5) is 8.25. The van der Waals surface area contributed by atoms with E-state index in [9.17, 15) is 4.39 Å². The van der Waals surface area contributed by atoms with Crippen LogP contribution in [0.5, 0.6) is 0 Å². The molecule has 0 saturated heterocycles. The minimum atomic E-state index is -0.505. The molecule has 100 valence electrons. The summed E-state index contributed by atoms with van der Waals surface area (Å²) in [5.74, 6) is 0.280. The Morgan fingerprint density at radius 3 is 2.90 bits per heavy atom. The maximum absolute atomic E-state index is 13.4. The van der Waals surface area contributed by atoms with Crippen LogP contribution in [-0.2, 0) is 6.42 Å². The summed E-state index contributed by atoms with van der Waals surface area (Å²) in [5.41, 5.74) is 6.99. The first-order chi connectivity index (χ1) is 9.72. The van der Waals surface area contributed by atoms with Gasteiger partial charge in [0.25, 0.3) is 5.89 Å². The number of halogens is 1. The molecule has 0 unspecified atom stereocenters. The fourth-order valence-corrected chi connectivity index (χ4v) is 1.79. The molecule has 3 rings (SSSR count). The number of pyridine rings is 1. The van der Waals surface area contributed by atoms with E-state index in [2.05, 4.69) is 15.1 Å². The highest BCUT2D eigenvalue weighted by atomic mass is 19.1. The molecule has 0 fully saturated rings. The van der Waals surface area contributed by atoms with Gasteiger partial charge in [0.1, 0.15) is 5.82 Å². The highest BCUT2D eigenvalue weighted by Crippen LogP contribution is 2.21. The van der Waals surface area contributed by atoms with Crippen molar-refractivity contribution in [3.8, 4) is 11.5 Å². The molecule has 6 heteroatoms. The zero-order valence-electron chi connectivity index (χ0n) is 10.5. The smallest absolute Gasteiger partial charge is 0.258 e. The van der Waals surface area contributed by atoms with Crippen molar-refractivity contribution in [2.75, 3.05) is 5.73 Å². The van der Waals surface area contributed by atoms with Gasteiger partial charge in [-0.1, -0.05) is 11.2 Å². The van der Waals surface area contributed by atoms with Crippen LogP contribution >= 0.6 is 0 Å². The number of nitrogen functional groups attached to an aromatic ring is 1. The van der Waals surface area contributed by atoms with E-state index in [-0.39, 0.29) is 11.6 Å². The van der Waals surface area contributed by atoms with Crippen molar-refractivity contribution in [1.29, 1.82) is 0 Å². The fraction of sp³-hybridized carbons (Fsp3) is 0.0714. The monoisotopic (exact) mass is 270 g/mol. The predicted octanol–water partition coefficient (Wildman–Crippen LogP) is 2.44. The Hall–Kier alpha value is -2.76. The second-order valence-electron chi connectivity index (χ2n) is 4.29. The van der Waals surface area contributed by atoms with Crippen LogP contribution in [0.15, 0.2) is 47.2 Å². The average Bonchev–Trinajstić information content (AvgIpc) is 2.91. The summed E-state index contributed by atoms with van der Waals surface area (Å²) in [7, 11) is 0. The van der Waals surface area contributed by atoms with Crippen LogP contribution in [0.2, 0.25) is 0 Å². The van der Waals surface area contributed by atoms with Crippen LogP contribution in [0, 0.1) is 5.82 Å². The van der Waals surface area contributed by atoms with E-state index in [1.54, 1.807) is 18.5 Å². The van der Waals surface area contributed by atoms with Crippen molar-refractivity contribution in [3.05, 3.63) is 59.9 Å². The van der Waals surface area contributed by atoms with Crippen molar-refractivity contribution in [2.24, 2.45) is 0 Å². The maximum atomic E-state index is 13.4. The molecule has 0 bridgehead atoms. The Morgan fingerprint density at radius 1 is 1.25 bits per heavy atom. The van der Waals surface area contributed by atoms with Crippen molar-refractivity contribution in [1.82, 2.24) is 15.1 Å². The first-order valence-electron chi connectivity index (χ1n) is 5.99. The molecule has 3 aromatic rings. The van der Waals surface area contributed by atoms with E-state index < -0.39 is 5.82 Å². The lowest BCUT2D eigenvalue weighted by molar-refractivity contribution is 0.423. The molecule has 2 heterocycles. The van der Waals surface area contributed by atoms with Gasteiger partial charge >= 0.3 is 0 Å². The van der Waals surface area contributed by atoms with Gasteiger partial charge in [-0.2, -0.15) is 4.98 Å². The Balaban J connectivity index is 1.84. The van der Waals surface area contributed by atoms with Crippen molar-refractivity contribution in [3.63, 3.8) is 0 Å². The minimum Gasteiger partial charge on any atom is -0.396 e. The third-order valence-corrected chi connectivity index (χ3v) is 2.80. The van der Waals surface area contributed by atoms with Crippen LogP contribution in [0.25, 0.3) is 11.5 Å². The Labute approximate surface area is 114 Å². The van der Waals surface area contributed by atoms with Gasteiger partial charge < -0.3 is 10.3 Å². The lowest BCUT2D eigenvalue weighted by Crippen LogP contribution is -1.92. The largest absolute Gasteiger partial charge is 0.396 e. The number of nitrogens with two attached hydrogens (primary N) is 1. The Bertz CT molecular complexity index is 727. The first-order valence-corrected chi connectivity index (χ1v) is 5.99. The van der Waals surface area contributed by atoms with E-state index in [1.165, 1.54) is 12.1 Å². The van der Waals surface area contributed by atoms with E-state index in [4.69, 9.17) is 10.3 Å². The van der Waals surface area contributed by atoms with Crippen LogP contribution in [0.4, 0.5) is 10.1 Å². The molecular formula is C14H11FN4O. The van der Waals surface area contributed by atoms with E-state index in [1.807, 2.05) is 12.1 Å². The van der Waals surface area contributed by atoms with Crippen LogP contribution < -0.4 is 5.73 Å². The molecule has 0 aliphatic carbocycles. The van der Waals surface area contributed by atoms with Gasteiger partial charge in [-0.05, 0) is 29.8 Å². The highest BCUT2D eigenvalue weighted by molar-refractivity contribution is 5.57. The molecule has 0 spiro atoms. The minimum absolute atomic E-state index is 0.0869. The molecule has 0 aliphatic heterocycles. The number of hydrogen-bond donors (Lipinski definition) is 1. The van der Waals surface area contributed by atoms with E-state index in [0.717, 1.165) is 5.56 Å². The zero-order valence-corrected chi connectivity index (χ0v) is 10.5. The fourth-order valence-electron chi connectivity index (χ4n) is 1.79. The summed E-state index contributed by atoms with van der Waals surface area (Å²) in [6, 6.07) is 8.14. The van der Waals surface area contributed by atoms with Gasteiger partial charge in [0.15, 0.2) is 5.82 Å². The number of aromatic nitrogens is 3. The molecule has 20 heavy (non-hydrogen) atoms. The predicted molar refractivity (Wildman–Crippen MR) is 71.1 cm³/mol. The van der Waals surface area contributed by atoms with Gasteiger partial charge in [-0.15, -0.1) is 0 Å². The average molecular weight is 270 g/mol. The van der Waals surface area contributed by atoms with Crippen LogP contribution in [0.1, 0.15) is 11.4 Å². The molecule has 2 aromatic heterocycles. The van der Waals surface area contributed by atoms with Gasteiger partial charge in [0.05, 0.1) is 5.69 Å². The molecular weight excluding hydrogens is 259 g/mol. The summed E-state index contributed by atoms with van der Waals surface area (Å²) in [6.45, 7) is 0. The third-order valence-electron chi connectivity index (χ3n) is 2.80. The molecule has 0 atom stereocenters. The van der Waals surface area contributed by atoms with Gasteiger partial charge in [-0.25, -0.2) is 4.39 Å². The molecule has 0 amide bonds. The standard InChI is InChI=1S/C14H11FN4O/c15-11-7-10(3-4-12(11)16)14-18-13(19-20-14)6-9-2-1-5-17-8-9/h1-5,7-8H,6,16H2. The second kappa shape index (κ2) is 5.08. The molecule has 0 saturated carbocycles. The number of anilines is 1. The Kier molecular flexibility index (Phi) is 3.12. The second-order valence-corrected chi connectivity index (χ2v) is 4.29. The SMILES string of the molecule is Nc1ccc(-c2nc(Cc3cccnc3)no2)cc1F. The number of hydrogen-bond acceptors (Lipinski definition) is 5. The normalized spacial score (nSPS) is 10.7. The molecule has 2 N–H and O–H groups in total. The molecule has 0 radical (unpaired) electrons. The Morgan fingerprint density at radius 2 is 2.15 bits per heavy atom. The lowest BCUT2D eigenvalue weighted by atomic mass is 10.2. The zero-order chi connectivity index (χ0) is 13.9. The highest BCUT2D eigenvalue weighted by Gasteiger charge is 2.11. The van der Waals surface area contributed by atoms with Crippen molar-refractivity contribution < 1.29 is 8.91 Å². The van der Waals surface area contributed by atoms with Crippen LogP contribution in [-0.4, -0.2) is 15.1 Å². The van der Waals surface area contributed by atoms with Crippen LogP contribution in [0.3, 0.4) is 0 Å². The van der Waals surface area contributed by atoms with E-state index >= 15 is 0 Å². The summed E-state index contributed by atoms with van der Waals surface area (Å²) >= 11 is 0. The number of rotatable bonds is 3. The van der Waals surface area contributed by atoms with E-state index in [0.29, 0.717) is 17.8 Å². The molecule has 1 aromatic carbocycles. The summed E-state index contributed by atoms with van der Waals surface area (Å²) in [5, 5.41) is 3.87. The molecule has 0 aliphatic rings. The first kappa shape index (κ1) is 12.3. The van der Waals surface area contributed by atoms with Crippen molar-refractivity contribution >= 4 is 5.69 Å². The topological polar surface area (TPSA) is 77.8 Å². The van der Waals surface area contributed by atoms with Gasteiger partial charge in [0, 0.05) is 24.4 Å².